The second kappa shape index (κ2) is 4.59. The van der Waals surface area contributed by atoms with Gasteiger partial charge in [0, 0.05) is 17.6 Å². The van der Waals surface area contributed by atoms with E-state index in [1.807, 2.05) is 0 Å². The Morgan fingerprint density at radius 3 is 2.67 bits per heavy atom. The lowest BCUT2D eigenvalue weighted by molar-refractivity contribution is 0.596. The summed E-state index contributed by atoms with van der Waals surface area (Å²) in [5.41, 5.74) is 5.90. The van der Waals surface area contributed by atoms with Crippen molar-refractivity contribution in [1.82, 2.24) is 14.8 Å². The predicted octanol–water partition coefficient (Wildman–Crippen LogP) is 0.196. The van der Waals surface area contributed by atoms with Crippen molar-refractivity contribution in [2.24, 2.45) is 12.2 Å². The highest BCUT2D eigenvalue weighted by Gasteiger charge is 2.16. The number of anilines is 1. The van der Waals surface area contributed by atoms with Crippen molar-refractivity contribution < 1.29 is 8.42 Å². The fraction of sp³-hybridized carbons (Fsp3) is 0.111. The van der Waals surface area contributed by atoms with Crippen molar-refractivity contribution in [1.29, 1.82) is 0 Å². The number of aryl methyl sites for hydroxylation is 1. The topological polar surface area (TPSA) is 117 Å². The quantitative estimate of drug-likeness (QED) is 0.778. The van der Waals surface area contributed by atoms with Gasteiger partial charge in [0.1, 0.15) is 6.33 Å². The molecule has 0 fully saturated rings. The molecule has 4 N–H and O–H groups in total. The van der Waals surface area contributed by atoms with Crippen molar-refractivity contribution in [3.8, 4) is 0 Å². The Balaban J connectivity index is 2.49. The maximum atomic E-state index is 11.5. The van der Waals surface area contributed by atoms with E-state index < -0.39 is 10.0 Å². The van der Waals surface area contributed by atoms with E-state index in [-0.39, 0.29) is 4.90 Å². The Hall–Kier alpha value is -1.58. The van der Waals surface area contributed by atoms with Gasteiger partial charge in [-0.2, -0.15) is 0 Å². The van der Waals surface area contributed by atoms with Gasteiger partial charge in [-0.1, -0.05) is 0 Å². The molecule has 0 aliphatic carbocycles. The monoisotopic (exact) mass is 285 g/mol. The number of rotatable bonds is 3. The Kier molecular flexibility index (Phi) is 3.28. The molecule has 0 bridgehead atoms. The molecule has 96 valence electrons. The van der Waals surface area contributed by atoms with Crippen LogP contribution < -0.4 is 10.9 Å². The van der Waals surface area contributed by atoms with Gasteiger partial charge < -0.3 is 10.3 Å². The zero-order valence-electron chi connectivity index (χ0n) is 9.44. The van der Waals surface area contributed by atoms with E-state index in [0.29, 0.717) is 15.7 Å². The summed E-state index contributed by atoms with van der Waals surface area (Å²) in [5.74, 6) is 0. The molecule has 1 heterocycles. The second-order valence-corrected chi connectivity index (χ2v) is 6.12. The number of aromatic nitrogens is 3. The van der Waals surface area contributed by atoms with Gasteiger partial charge in [-0.3, -0.25) is 0 Å². The summed E-state index contributed by atoms with van der Waals surface area (Å²) in [4.78, 5) is 0.443. The van der Waals surface area contributed by atoms with Gasteiger partial charge in [0.15, 0.2) is 5.16 Å². The first-order valence-electron chi connectivity index (χ1n) is 4.82. The van der Waals surface area contributed by atoms with E-state index in [1.54, 1.807) is 23.7 Å². The predicted molar refractivity (Wildman–Crippen MR) is 67.4 cm³/mol. The average Bonchev–Trinajstić information content (AvgIpc) is 2.66. The second-order valence-electron chi connectivity index (χ2n) is 3.58. The third-order valence-electron chi connectivity index (χ3n) is 2.15. The molecule has 0 saturated heterocycles. The van der Waals surface area contributed by atoms with Crippen LogP contribution in [0.2, 0.25) is 0 Å². The number of hydrogen-bond acceptors (Lipinski definition) is 6. The molecule has 0 amide bonds. The third kappa shape index (κ3) is 2.63. The van der Waals surface area contributed by atoms with Gasteiger partial charge in [0.25, 0.3) is 0 Å². The van der Waals surface area contributed by atoms with Gasteiger partial charge >= 0.3 is 0 Å². The van der Waals surface area contributed by atoms with Crippen molar-refractivity contribution in [3.63, 3.8) is 0 Å². The largest absolute Gasteiger partial charge is 0.399 e. The van der Waals surface area contributed by atoms with Gasteiger partial charge in [0.2, 0.25) is 10.0 Å². The third-order valence-corrected chi connectivity index (χ3v) is 4.35. The average molecular weight is 285 g/mol. The minimum Gasteiger partial charge on any atom is -0.399 e. The molecular weight excluding hydrogens is 274 g/mol. The zero-order valence-corrected chi connectivity index (χ0v) is 11.1. The fourth-order valence-corrected chi connectivity index (χ4v) is 3.19. The number of nitrogens with zero attached hydrogens (tertiary/aromatic N) is 3. The number of nitrogen functional groups attached to an aromatic ring is 1. The molecule has 9 heteroatoms. The van der Waals surface area contributed by atoms with Crippen molar-refractivity contribution in [2.75, 3.05) is 5.73 Å². The first kappa shape index (κ1) is 12.9. The molecule has 0 atom stereocenters. The van der Waals surface area contributed by atoms with Gasteiger partial charge in [-0.05, 0) is 30.0 Å². The molecule has 0 aliphatic rings. The summed E-state index contributed by atoms with van der Waals surface area (Å²) < 4.78 is 24.6. The van der Waals surface area contributed by atoms with Crippen LogP contribution in [0.3, 0.4) is 0 Å². The maximum absolute atomic E-state index is 11.5. The summed E-state index contributed by atoms with van der Waals surface area (Å²) in [6.45, 7) is 0. The van der Waals surface area contributed by atoms with Crippen LogP contribution in [0.5, 0.6) is 0 Å². The van der Waals surface area contributed by atoms with E-state index in [9.17, 15) is 8.42 Å². The molecule has 7 nitrogen and oxygen atoms in total. The lowest BCUT2D eigenvalue weighted by Gasteiger charge is -2.07. The van der Waals surface area contributed by atoms with Crippen LogP contribution >= 0.6 is 11.8 Å². The van der Waals surface area contributed by atoms with E-state index >= 15 is 0 Å². The molecule has 2 rings (SSSR count). The molecule has 0 unspecified atom stereocenters. The number of sulfonamides is 1. The molecule has 0 aliphatic heterocycles. The van der Waals surface area contributed by atoms with E-state index in [4.69, 9.17) is 10.9 Å². The normalized spacial score (nSPS) is 11.7. The molecule has 0 spiro atoms. The van der Waals surface area contributed by atoms with Gasteiger partial charge in [-0.25, -0.2) is 13.6 Å². The van der Waals surface area contributed by atoms with Crippen LogP contribution in [-0.2, 0) is 17.1 Å². The summed E-state index contributed by atoms with van der Waals surface area (Å²) in [6, 6.07) is 4.52. The van der Waals surface area contributed by atoms with Gasteiger partial charge in [0.05, 0.1) is 4.90 Å². The highest BCUT2D eigenvalue weighted by molar-refractivity contribution is 8.00. The van der Waals surface area contributed by atoms with Crippen LogP contribution in [0.4, 0.5) is 5.69 Å². The smallest absolute Gasteiger partial charge is 0.239 e. The Labute approximate surface area is 108 Å². The molecule has 0 radical (unpaired) electrons. The summed E-state index contributed by atoms with van der Waals surface area (Å²) in [6.07, 6.45) is 1.52. The zero-order chi connectivity index (χ0) is 13.3. The Bertz CT molecular complexity index is 680. The van der Waals surface area contributed by atoms with Crippen LogP contribution in [0.15, 0.2) is 39.5 Å². The van der Waals surface area contributed by atoms with Crippen molar-refractivity contribution in [3.05, 3.63) is 24.5 Å². The fourth-order valence-electron chi connectivity index (χ4n) is 1.29. The standard InChI is InChI=1S/C9H11N5O2S2/c1-14-5-12-13-9(14)17-7-3-2-6(10)4-8(7)18(11,15)16/h2-5H,10H2,1H3,(H2,11,15,16). The number of nitrogens with two attached hydrogens (primary N) is 2. The lowest BCUT2D eigenvalue weighted by Crippen LogP contribution is -2.13. The van der Waals surface area contributed by atoms with Gasteiger partial charge in [-0.15, -0.1) is 10.2 Å². The van der Waals surface area contributed by atoms with E-state index in [1.165, 1.54) is 12.4 Å². The number of hydrogen-bond donors (Lipinski definition) is 2. The van der Waals surface area contributed by atoms with E-state index in [2.05, 4.69) is 10.2 Å². The summed E-state index contributed by atoms with van der Waals surface area (Å²) in [7, 11) is -2.07. The van der Waals surface area contributed by atoms with E-state index in [0.717, 1.165) is 11.8 Å². The molecular formula is C9H11N5O2S2. The SMILES string of the molecule is Cn1cnnc1Sc1ccc(N)cc1S(N)(=O)=O. The van der Waals surface area contributed by atoms with Crippen molar-refractivity contribution in [2.45, 2.75) is 14.9 Å². The molecule has 1 aromatic heterocycles. The maximum Gasteiger partial charge on any atom is 0.239 e. The highest BCUT2D eigenvalue weighted by atomic mass is 32.2. The number of primary sulfonamides is 1. The summed E-state index contributed by atoms with van der Waals surface area (Å²) >= 11 is 1.16. The van der Waals surface area contributed by atoms with Crippen LogP contribution in [-0.4, -0.2) is 23.2 Å². The minimum absolute atomic E-state index is 0.0181. The Morgan fingerprint density at radius 2 is 2.11 bits per heavy atom. The summed E-state index contributed by atoms with van der Waals surface area (Å²) in [5, 5.41) is 13.3. The van der Waals surface area contributed by atoms with Crippen LogP contribution in [0, 0.1) is 0 Å². The van der Waals surface area contributed by atoms with Crippen LogP contribution in [0.1, 0.15) is 0 Å². The molecule has 18 heavy (non-hydrogen) atoms. The first-order chi connectivity index (χ1) is 8.38. The molecule has 2 aromatic rings. The highest BCUT2D eigenvalue weighted by Crippen LogP contribution is 2.31. The van der Waals surface area contributed by atoms with Crippen LogP contribution in [0.25, 0.3) is 0 Å². The molecule has 1 aromatic carbocycles. The molecule has 0 saturated carbocycles. The lowest BCUT2D eigenvalue weighted by atomic mass is 10.3. The Morgan fingerprint density at radius 1 is 1.39 bits per heavy atom. The number of benzene rings is 1. The first-order valence-corrected chi connectivity index (χ1v) is 7.18. The van der Waals surface area contributed by atoms with Crippen molar-refractivity contribution >= 4 is 27.5 Å². The minimum atomic E-state index is -3.83.